The lowest BCUT2D eigenvalue weighted by atomic mass is 9.93. The molecule has 7 heteroatoms. The Morgan fingerprint density at radius 2 is 1.53 bits per heavy atom. The Morgan fingerprint density at radius 3 is 2.03 bits per heavy atom. The molecule has 0 unspecified atom stereocenters. The third-order valence-corrected chi connectivity index (χ3v) is 5.83. The molecule has 1 fully saturated rings. The second-order valence-corrected chi connectivity index (χ2v) is 7.76. The van der Waals surface area contributed by atoms with Crippen molar-refractivity contribution in [3.63, 3.8) is 0 Å². The van der Waals surface area contributed by atoms with Crippen molar-refractivity contribution in [1.29, 1.82) is 0 Å². The van der Waals surface area contributed by atoms with E-state index in [1.165, 1.54) is 0 Å². The lowest BCUT2D eigenvalue weighted by molar-refractivity contribution is -0.0229. The average molecular weight is 437 g/mol. The molecular weight excluding hydrogens is 410 g/mol. The maximum atomic E-state index is 13.3. The van der Waals surface area contributed by atoms with Gasteiger partial charge in [0.2, 0.25) is 0 Å². The molecule has 2 aromatic carbocycles. The van der Waals surface area contributed by atoms with Crippen LogP contribution in [0.2, 0.25) is 0 Å². The number of benzene rings is 2. The lowest BCUT2D eigenvalue weighted by Crippen LogP contribution is -2.32. The van der Waals surface area contributed by atoms with E-state index in [9.17, 15) is 20.1 Å². The van der Waals surface area contributed by atoms with Gasteiger partial charge in [-0.2, -0.15) is 0 Å². The fourth-order valence-corrected chi connectivity index (χ4v) is 4.41. The summed E-state index contributed by atoms with van der Waals surface area (Å²) < 4.78 is 13.2. The highest BCUT2D eigenvalue weighted by Gasteiger charge is 2.47. The van der Waals surface area contributed by atoms with Crippen molar-refractivity contribution in [2.24, 2.45) is 7.05 Å². The molecule has 0 amide bonds. The van der Waals surface area contributed by atoms with Gasteiger partial charge in [-0.05, 0) is 18.1 Å². The molecule has 0 spiro atoms. The molecule has 168 valence electrons. The minimum atomic E-state index is -1.33. The molecule has 3 N–H and O–H groups in total. The molecule has 1 aliphatic rings. The zero-order valence-corrected chi connectivity index (χ0v) is 18.0. The van der Waals surface area contributed by atoms with Gasteiger partial charge in [-0.15, -0.1) is 0 Å². The molecule has 4 rings (SSSR count). The van der Waals surface area contributed by atoms with Gasteiger partial charge < -0.3 is 29.4 Å². The Hall–Kier alpha value is -2.97. The van der Waals surface area contributed by atoms with Gasteiger partial charge in [0, 0.05) is 12.6 Å². The van der Waals surface area contributed by atoms with Gasteiger partial charge in [0.05, 0.1) is 30.2 Å². The first-order valence-corrected chi connectivity index (χ1v) is 10.6. The molecule has 4 atom stereocenters. The molecule has 0 bridgehead atoms. The van der Waals surface area contributed by atoms with Crippen LogP contribution in [0.15, 0.2) is 60.7 Å². The quantitative estimate of drug-likeness (QED) is 0.513. The van der Waals surface area contributed by atoms with Crippen LogP contribution in [0.25, 0.3) is 22.5 Å². The number of esters is 1. The molecule has 0 radical (unpaired) electrons. The number of hydrogen-bond donors (Lipinski definition) is 3. The summed E-state index contributed by atoms with van der Waals surface area (Å²) in [5, 5.41) is 30.9. The van der Waals surface area contributed by atoms with Crippen molar-refractivity contribution < 1.29 is 29.6 Å². The van der Waals surface area contributed by atoms with E-state index in [2.05, 4.69) is 0 Å². The summed E-state index contributed by atoms with van der Waals surface area (Å²) in [7, 11) is 1.85. The molecule has 0 aliphatic carbocycles. The van der Waals surface area contributed by atoms with Crippen molar-refractivity contribution in [2.75, 3.05) is 13.2 Å². The average Bonchev–Trinajstić information content (AvgIpc) is 3.28. The van der Waals surface area contributed by atoms with Gasteiger partial charge >= 0.3 is 5.97 Å². The number of hydrogen-bond acceptors (Lipinski definition) is 6. The summed E-state index contributed by atoms with van der Waals surface area (Å²) in [6.07, 6.45) is -4.60. The van der Waals surface area contributed by atoms with Crippen molar-refractivity contribution in [1.82, 2.24) is 4.57 Å². The van der Waals surface area contributed by atoms with Crippen LogP contribution in [-0.2, 0) is 16.5 Å². The fourth-order valence-electron chi connectivity index (χ4n) is 4.41. The van der Waals surface area contributed by atoms with Crippen LogP contribution in [-0.4, -0.2) is 57.4 Å². The minimum Gasteiger partial charge on any atom is -0.462 e. The van der Waals surface area contributed by atoms with Crippen LogP contribution in [0.1, 0.15) is 28.9 Å². The van der Waals surface area contributed by atoms with E-state index in [-0.39, 0.29) is 12.2 Å². The normalized spacial score (nSPS) is 22.8. The summed E-state index contributed by atoms with van der Waals surface area (Å²) in [6.45, 7) is 1.45. The van der Waals surface area contributed by atoms with Gasteiger partial charge in [0.15, 0.2) is 0 Å². The SMILES string of the molecule is CCOC(=O)c1c([C@H]2O[C@H](CO)[C@@H](O)[C@H]2O)c(-c2ccccc2)n(C)c1-c1ccccc1. The highest BCUT2D eigenvalue weighted by atomic mass is 16.6. The van der Waals surface area contributed by atoms with Gasteiger partial charge in [-0.3, -0.25) is 0 Å². The number of nitrogens with zero attached hydrogens (tertiary/aromatic N) is 1. The number of ether oxygens (including phenoxy) is 2. The predicted octanol–water partition coefficient (Wildman–Crippen LogP) is 2.69. The van der Waals surface area contributed by atoms with Crippen LogP contribution in [0.4, 0.5) is 0 Å². The van der Waals surface area contributed by atoms with E-state index in [0.29, 0.717) is 17.0 Å². The third kappa shape index (κ3) is 3.73. The molecule has 32 heavy (non-hydrogen) atoms. The number of carbonyl (C=O) groups is 1. The number of aromatic nitrogens is 1. The molecule has 1 saturated heterocycles. The first-order chi connectivity index (χ1) is 15.5. The van der Waals surface area contributed by atoms with Crippen LogP contribution in [0.5, 0.6) is 0 Å². The Kier molecular flexibility index (Phi) is 6.43. The third-order valence-electron chi connectivity index (χ3n) is 5.83. The molecule has 2 heterocycles. The molecule has 3 aromatic rings. The number of rotatable bonds is 6. The maximum absolute atomic E-state index is 13.3. The zero-order chi connectivity index (χ0) is 22.8. The Labute approximate surface area is 186 Å². The molecule has 7 nitrogen and oxygen atoms in total. The summed E-state index contributed by atoms with van der Waals surface area (Å²) in [5.74, 6) is -0.545. The van der Waals surface area contributed by atoms with Crippen LogP contribution in [0.3, 0.4) is 0 Å². The molecular formula is C25H27NO6. The van der Waals surface area contributed by atoms with E-state index >= 15 is 0 Å². The number of aliphatic hydroxyl groups is 3. The van der Waals surface area contributed by atoms with E-state index in [1.807, 2.05) is 72.3 Å². The second-order valence-electron chi connectivity index (χ2n) is 7.76. The molecule has 1 aliphatic heterocycles. The topological polar surface area (TPSA) is 101 Å². The van der Waals surface area contributed by atoms with Crippen LogP contribution < -0.4 is 0 Å². The van der Waals surface area contributed by atoms with Gasteiger partial charge in [-0.1, -0.05) is 60.7 Å². The van der Waals surface area contributed by atoms with E-state index in [4.69, 9.17) is 9.47 Å². The van der Waals surface area contributed by atoms with E-state index in [0.717, 1.165) is 11.1 Å². The Balaban J connectivity index is 2.05. The first kappa shape index (κ1) is 22.2. The van der Waals surface area contributed by atoms with Crippen molar-refractivity contribution in [2.45, 2.75) is 31.3 Å². The number of aliphatic hydroxyl groups excluding tert-OH is 3. The Morgan fingerprint density at radius 1 is 0.969 bits per heavy atom. The summed E-state index contributed by atoms with van der Waals surface area (Å²) in [6, 6.07) is 18.9. The van der Waals surface area contributed by atoms with Crippen molar-refractivity contribution >= 4 is 5.97 Å². The van der Waals surface area contributed by atoms with Crippen LogP contribution in [0, 0.1) is 0 Å². The fraction of sp³-hybridized carbons (Fsp3) is 0.320. The zero-order valence-electron chi connectivity index (χ0n) is 18.0. The summed E-state index contributed by atoms with van der Waals surface area (Å²) >= 11 is 0. The largest absolute Gasteiger partial charge is 0.462 e. The van der Waals surface area contributed by atoms with Gasteiger partial charge in [-0.25, -0.2) is 4.79 Å². The van der Waals surface area contributed by atoms with Gasteiger partial charge in [0.25, 0.3) is 0 Å². The van der Waals surface area contributed by atoms with Crippen molar-refractivity contribution in [3.05, 3.63) is 71.8 Å². The monoisotopic (exact) mass is 437 g/mol. The first-order valence-electron chi connectivity index (χ1n) is 10.6. The minimum absolute atomic E-state index is 0.179. The standard InChI is InChI=1S/C25H27NO6/c1-3-31-25(30)19-18(24-23(29)22(28)17(14-27)32-24)20(15-10-6-4-7-11-15)26(2)21(19)16-12-8-5-9-13-16/h4-13,17,22-24,27-29H,3,14H2,1-2H3/t17-,22-,23-,24-/m1/s1. The maximum Gasteiger partial charge on any atom is 0.340 e. The van der Waals surface area contributed by atoms with Crippen molar-refractivity contribution in [3.8, 4) is 22.5 Å². The smallest absolute Gasteiger partial charge is 0.340 e. The highest BCUT2D eigenvalue weighted by Crippen LogP contribution is 2.45. The summed E-state index contributed by atoms with van der Waals surface area (Å²) in [5.41, 5.74) is 3.61. The summed E-state index contributed by atoms with van der Waals surface area (Å²) in [4.78, 5) is 13.3. The number of carbonyl (C=O) groups excluding carboxylic acids is 1. The predicted molar refractivity (Wildman–Crippen MR) is 119 cm³/mol. The Bertz CT molecular complexity index is 1080. The van der Waals surface area contributed by atoms with Crippen LogP contribution >= 0.6 is 0 Å². The van der Waals surface area contributed by atoms with E-state index in [1.54, 1.807) is 6.92 Å². The lowest BCUT2D eigenvalue weighted by Gasteiger charge is -2.18. The van der Waals surface area contributed by atoms with E-state index < -0.39 is 37.0 Å². The second kappa shape index (κ2) is 9.26. The highest BCUT2D eigenvalue weighted by molar-refractivity contribution is 6.01. The molecule has 0 saturated carbocycles. The molecule has 1 aromatic heterocycles. The van der Waals surface area contributed by atoms with Gasteiger partial charge in [0.1, 0.15) is 24.4 Å².